The number of nitrogens with two attached hydrogens (primary N) is 2. The number of carbonyl (C=O) groups excluding carboxylic acids is 1. The van der Waals surface area contributed by atoms with Crippen LogP contribution in [0, 0.1) is 0 Å². The molecule has 0 bridgehead atoms. The van der Waals surface area contributed by atoms with Gasteiger partial charge in [-0.15, -0.1) is 0 Å². The smallest absolute Gasteiger partial charge is 0.237 e. The fraction of sp³-hybridized carbons (Fsp3) is 0.188. The summed E-state index contributed by atoms with van der Waals surface area (Å²) in [5, 5.41) is 2.83. The third-order valence-corrected chi connectivity index (χ3v) is 3.08. The van der Waals surface area contributed by atoms with Gasteiger partial charge < -0.3 is 16.8 Å². The first-order valence-electron chi connectivity index (χ1n) is 6.57. The van der Waals surface area contributed by atoms with Crippen LogP contribution in [0.25, 0.3) is 0 Å². The van der Waals surface area contributed by atoms with E-state index in [9.17, 15) is 4.79 Å². The summed E-state index contributed by atoms with van der Waals surface area (Å²) in [7, 11) is 0. The van der Waals surface area contributed by atoms with Gasteiger partial charge in [0.2, 0.25) is 5.91 Å². The number of carbonyl (C=O) groups is 1. The molecule has 1 atom stereocenters. The molecular formula is C16H19N3O. The summed E-state index contributed by atoms with van der Waals surface area (Å²) in [5.41, 5.74) is 14.3. The highest BCUT2D eigenvalue weighted by atomic mass is 16.2. The number of amides is 1. The van der Waals surface area contributed by atoms with Crippen LogP contribution in [0.3, 0.4) is 0 Å². The average Bonchev–Trinajstić information content (AvgIpc) is 2.47. The minimum Gasteiger partial charge on any atom is -0.399 e. The molecule has 0 heterocycles. The molecule has 0 fully saturated rings. The van der Waals surface area contributed by atoms with E-state index in [2.05, 4.69) is 5.32 Å². The van der Waals surface area contributed by atoms with Crippen LogP contribution >= 0.6 is 0 Å². The SMILES string of the molecule is Nc1ccc(CNC(=O)[C@@H](N)Cc2ccccc2)cc1. The highest BCUT2D eigenvalue weighted by Crippen LogP contribution is 2.05. The van der Waals surface area contributed by atoms with E-state index >= 15 is 0 Å². The Kier molecular flexibility index (Phi) is 4.74. The predicted molar refractivity (Wildman–Crippen MR) is 80.8 cm³/mol. The molecule has 0 aliphatic rings. The van der Waals surface area contributed by atoms with Gasteiger partial charge in [0.25, 0.3) is 0 Å². The quantitative estimate of drug-likeness (QED) is 0.719. The highest BCUT2D eigenvalue weighted by molar-refractivity contribution is 5.81. The Bertz CT molecular complexity index is 552. The highest BCUT2D eigenvalue weighted by Gasteiger charge is 2.13. The van der Waals surface area contributed by atoms with E-state index in [0.717, 1.165) is 11.1 Å². The van der Waals surface area contributed by atoms with Crippen LogP contribution in [0.2, 0.25) is 0 Å². The summed E-state index contributed by atoms with van der Waals surface area (Å²) in [4.78, 5) is 11.9. The molecule has 5 N–H and O–H groups in total. The second-order valence-corrected chi connectivity index (χ2v) is 4.76. The van der Waals surface area contributed by atoms with Gasteiger partial charge in [-0.2, -0.15) is 0 Å². The molecule has 4 nitrogen and oxygen atoms in total. The Hall–Kier alpha value is -2.33. The molecule has 0 unspecified atom stereocenters. The molecule has 1 amide bonds. The lowest BCUT2D eigenvalue weighted by Crippen LogP contribution is -2.41. The first-order valence-corrected chi connectivity index (χ1v) is 6.57. The molecule has 2 aromatic rings. The molecule has 4 heteroatoms. The van der Waals surface area contributed by atoms with Crippen LogP contribution in [0.1, 0.15) is 11.1 Å². The number of hydrogen-bond acceptors (Lipinski definition) is 3. The van der Waals surface area contributed by atoms with Crippen LogP contribution in [0.15, 0.2) is 54.6 Å². The van der Waals surface area contributed by atoms with E-state index in [0.29, 0.717) is 18.7 Å². The molecule has 0 aromatic heterocycles. The largest absolute Gasteiger partial charge is 0.399 e. The van der Waals surface area contributed by atoms with Gasteiger partial charge in [0.05, 0.1) is 6.04 Å². The first kappa shape index (κ1) is 14.1. The molecule has 0 radical (unpaired) electrons. The summed E-state index contributed by atoms with van der Waals surface area (Å²) in [5.74, 6) is -0.148. The lowest BCUT2D eigenvalue weighted by Gasteiger charge is -2.12. The van der Waals surface area contributed by atoms with Crippen molar-refractivity contribution in [1.29, 1.82) is 0 Å². The van der Waals surface area contributed by atoms with E-state index in [1.165, 1.54) is 0 Å². The van der Waals surface area contributed by atoms with Crippen molar-refractivity contribution < 1.29 is 4.79 Å². The van der Waals surface area contributed by atoms with E-state index in [4.69, 9.17) is 11.5 Å². The summed E-state index contributed by atoms with van der Waals surface area (Å²) < 4.78 is 0. The van der Waals surface area contributed by atoms with Gasteiger partial charge in [0, 0.05) is 12.2 Å². The summed E-state index contributed by atoms with van der Waals surface area (Å²) >= 11 is 0. The number of rotatable bonds is 5. The average molecular weight is 269 g/mol. The second kappa shape index (κ2) is 6.73. The van der Waals surface area contributed by atoms with Gasteiger partial charge in [-0.05, 0) is 29.7 Å². The van der Waals surface area contributed by atoms with Crippen molar-refractivity contribution >= 4 is 11.6 Å². The van der Waals surface area contributed by atoms with Crippen LogP contribution in [0.5, 0.6) is 0 Å². The normalized spacial score (nSPS) is 11.8. The van der Waals surface area contributed by atoms with Crippen molar-refractivity contribution in [2.45, 2.75) is 19.0 Å². The molecule has 0 saturated carbocycles. The number of anilines is 1. The zero-order chi connectivity index (χ0) is 14.4. The Labute approximate surface area is 118 Å². The fourth-order valence-electron chi connectivity index (χ4n) is 1.92. The zero-order valence-corrected chi connectivity index (χ0v) is 11.3. The Morgan fingerprint density at radius 3 is 2.30 bits per heavy atom. The number of nitrogen functional groups attached to an aromatic ring is 1. The van der Waals surface area contributed by atoms with Crippen molar-refractivity contribution in [2.75, 3.05) is 5.73 Å². The standard InChI is InChI=1S/C16H19N3O/c17-14-8-6-13(7-9-14)11-19-16(20)15(18)10-12-4-2-1-3-5-12/h1-9,15H,10-11,17-18H2,(H,19,20)/t15-/m0/s1. The van der Waals surface area contributed by atoms with E-state index < -0.39 is 6.04 Å². The van der Waals surface area contributed by atoms with Gasteiger partial charge in [-0.25, -0.2) is 0 Å². The van der Waals surface area contributed by atoms with Crippen LogP contribution < -0.4 is 16.8 Å². The Morgan fingerprint density at radius 2 is 1.65 bits per heavy atom. The van der Waals surface area contributed by atoms with Crippen LogP contribution in [0.4, 0.5) is 5.69 Å². The van der Waals surface area contributed by atoms with E-state index in [1.54, 1.807) is 0 Å². The van der Waals surface area contributed by atoms with Crippen molar-refractivity contribution in [1.82, 2.24) is 5.32 Å². The lowest BCUT2D eigenvalue weighted by atomic mass is 10.1. The fourth-order valence-corrected chi connectivity index (χ4v) is 1.92. The van der Waals surface area contributed by atoms with E-state index in [-0.39, 0.29) is 5.91 Å². The summed E-state index contributed by atoms with van der Waals surface area (Å²) in [6, 6.07) is 16.6. The topological polar surface area (TPSA) is 81.1 Å². The molecule has 0 spiro atoms. The van der Waals surface area contributed by atoms with Crippen molar-refractivity contribution in [3.05, 3.63) is 65.7 Å². The molecular weight excluding hydrogens is 250 g/mol. The third kappa shape index (κ3) is 4.10. The van der Waals surface area contributed by atoms with Crippen molar-refractivity contribution in [3.8, 4) is 0 Å². The van der Waals surface area contributed by atoms with Crippen LogP contribution in [-0.4, -0.2) is 11.9 Å². The zero-order valence-electron chi connectivity index (χ0n) is 11.3. The Morgan fingerprint density at radius 1 is 1.00 bits per heavy atom. The molecule has 0 aliphatic carbocycles. The molecule has 0 aliphatic heterocycles. The third-order valence-electron chi connectivity index (χ3n) is 3.08. The Balaban J connectivity index is 1.83. The van der Waals surface area contributed by atoms with Gasteiger partial charge >= 0.3 is 0 Å². The minimum atomic E-state index is -0.536. The maximum Gasteiger partial charge on any atom is 0.237 e. The predicted octanol–water partition coefficient (Wildman–Crippen LogP) is 1.46. The van der Waals surface area contributed by atoms with Crippen molar-refractivity contribution in [2.24, 2.45) is 5.73 Å². The van der Waals surface area contributed by atoms with Gasteiger partial charge in [0.1, 0.15) is 0 Å². The summed E-state index contributed by atoms with van der Waals surface area (Å²) in [6.07, 6.45) is 0.536. The molecule has 0 saturated heterocycles. The van der Waals surface area contributed by atoms with Crippen molar-refractivity contribution in [3.63, 3.8) is 0 Å². The number of hydrogen-bond donors (Lipinski definition) is 3. The first-order chi connectivity index (χ1) is 9.65. The molecule has 104 valence electrons. The van der Waals surface area contributed by atoms with Gasteiger partial charge in [-0.3, -0.25) is 4.79 Å². The minimum absolute atomic E-state index is 0.148. The molecule has 20 heavy (non-hydrogen) atoms. The van der Waals surface area contributed by atoms with E-state index in [1.807, 2.05) is 54.6 Å². The number of benzene rings is 2. The van der Waals surface area contributed by atoms with Gasteiger partial charge in [0.15, 0.2) is 0 Å². The second-order valence-electron chi connectivity index (χ2n) is 4.76. The van der Waals surface area contributed by atoms with Gasteiger partial charge in [-0.1, -0.05) is 42.5 Å². The molecule has 2 aromatic carbocycles. The number of nitrogens with one attached hydrogen (secondary N) is 1. The molecule has 2 rings (SSSR count). The summed E-state index contributed by atoms with van der Waals surface area (Å²) in [6.45, 7) is 0.460. The lowest BCUT2D eigenvalue weighted by molar-refractivity contribution is -0.122. The van der Waals surface area contributed by atoms with Crippen LogP contribution in [-0.2, 0) is 17.8 Å². The maximum absolute atomic E-state index is 11.9. The monoisotopic (exact) mass is 269 g/mol. The maximum atomic E-state index is 11.9.